The van der Waals surface area contributed by atoms with E-state index in [4.69, 9.17) is 9.40 Å². The molecular weight excluding hydrogens is 440 g/mol. The summed E-state index contributed by atoms with van der Waals surface area (Å²) in [6.45, 7) is 3.97. The highest BCUT2D eigenvalue weighted by molar-refractivity contribution is 7.20. The van der Waals surface area contributed by atoms with Crippen LogP contribution in [0.1, 0.15) is 58.9 Å². The van der Waals surface area contributed by atoms with Crippen LogP contribution < -0.4 is 10.9 Å². The Kier molecular flexibility index (Phi) is 6.05. The van der Waals surface area contributed by atoms with Crippen molar-refractivity contribution in [2.24, 2.45) is 5.92 Å². The Hall–Kier alpha value is -2.94. The smallest absolute Gasteiger partial charge is 0.264 e. The summed E-state index contributed by atoms with van der Waals surface area (Å²) in [4.78, 5) is 46.8. The summed E-state index contributed by atoms with van der Waals surface area (Å²) in [6.07, 6.45) is 6.76. The number of aromatic nitrogens is 2. The first-order valence-electron chi connectivity index (χ1n) is 11.6. The lowest BCUT2D eigenvalue weighted by molar-refractivity contribution is -0.126. The van der Waals surface area contributed by atoms with Crippen molar-refractivity contribution in [3.8, 4) is 0 Å². The first kappa shape index (κ1) is 21.9. The van der Waals surface area contributed by atoms with Crippen LogP contribution in [0.4, 0.5) is 0 Å². The largest absolute Gasteiger partial charge is 0.467 e. The molecular formula is C24H28N4O4S. The first-order valence-corrected chi connectivity index (χ1v) is 12.5. The van der Waals surface area contributed by atoms with Crippen LogP contribution in [0.25, 0.3) is 10.2 Å². The second-order valence-corrected chi connectivity index (χ2v) is 9.89. The molecule has 1 N–H and O–H groups in total. The standard InChI is InChI=1S/C24H28N4O4S/c1-15-19-22(26-18-7-3-2-4-10-28(18)23(19)30)33-20(15)24(31)27-11-8-16(9-12-27)21(29)25-14-17-6-5-13-32-17/h5-6,13,16H,2-4,7-12,14H2,1H3,(H,25,29). The van der Waals surface area contributed by atoms with Crippen molar-refractivity contribution in [2.45, 2.75) is 58.5 Å². The molecule has 174 valence electrons. The van der Waals surface area contributed by atoms with Gasteiger partial charge < -0.3 is 14.6 Å². The van der Waals surface area contributed by atoms with Gasteiger partial charge in [-0.25, -0.2) is 4.98 Å². The minimum absolute atomic E-state index is 0.00439. The van der Waals surface area contributed by atoms with E-state index in [0.29, 0.717) is 54.1 Å². The number of nitrogens with zero attached hydrogens (tertiary/aromatic N) is 3. The molecule has 0 radical (unpaired) electrons. The molecule has 0 bridgehead atoms. The molecule has 1 fully saturated rings. The van der Waals surface area contributed by atoms with Crippen molar-refractivity contribution >= 4 is 33.4 Å². The van der Waals surface area contributed by atoms with Crippen molar-refractivity contribution in [2.75, 3.05) is 13.1 Å². The normalized spacial score (nSPS) is 17.1. The van der Waals surface area contributed by atoms with Crippen LogP contribution in [-0.2, 0) is 24.3 Å². The third kappa shape index (κ3) is 4.21. The predicted octanol–water partition coefficient (Wildman–Crippen LogP) is 3.25. The molecule has 0 aromatic carbocycles. The molecule has 2 aliphatic heterocycles. The Labute approximate surface area is 195 Å². The fraction of sp³-hybridized carbons (Fsp3) is 0.500. The molecule has 0 aliphatic carbocycles. The maximum atomic E-state index is 13.3. The lowest BCUT2D eigenvalue weighted by atomic mass is 9.95. The lowest BCUT2D eigenvalue weighted by Gasteiger charge is -2.31. The van der Waals surface area contributed by atoms with Gasteiger partial charge >= 0.3 is 0 Å². The fourth-order valence-corrected chi connectivity index (χ4v) is 5.99. The van der Waals surface area contributed by atoms with Crippen molar-refractivity contribution in [3.05, 3.63) is 50.8 Å². The van der Waals surface area contributed by atoms with Gasteiger partial charge in [0.15, 0.2) is 0 Å². The van der Waals surface area contributed by atoms with E-state index >= 15 is 0 Å². The molecule has 9 heteroatoms. The Balaban J connectivity index is 1.28. The molecule has 8 nitrogen and oxygen atoms in total. The zero-order chi connectivity index (χ0) is 22.9. The van der Waals surface area contributed by atoms with Crippen LogP contribution in [0.5, 0.6) is 0 Å². The fourth-order valence-electron chi connectivity index (χ4n) is 4.83. The van der Waals surface area contributed by atoms with Crippen molar-refractivity contribution in [3.63, 3.8) is 0 Å². The van der Waals surface area contributed by atoms with Gasteiger partial charge in [0.05, 0.1) is 23.1 Å². The Morgan fingerprint density at radius 3 is 2.79 bits per heavy atom. The van der Waals surface area contributed by atoms with E-state index in [-0.39, 0.29) is 23.3 Å². The number of nitrogens with one attached hydrogen (secondary N) is 1. The number of aryl methyl sites for hydroxylation is 2. The van der Waals surface area contributed by atoms with Gasteiger partial charge in [0.1, 0.15) is 16.4 Å². The maximum absolute atomic E-state index is 13.3. The zero-order valence-electron chi connectivity index (χ0n) is 18.8. The summed E-state index contributed by atoms with van der Waals surface area (Å²) in [5.74, 6) is 1.37. The lowest BCUT2D eigenvalue weighted by Crippen LogP contribution is -2.42. The van der Waals surface area contributed by atoms with E-state index in [2.05, 4.69) is 5.32 Å². The van der Waals surface area contributed by atoms with Crippen LogP contribution in [-0.4, -0.2) is 39.4 Å². The van der Waals surface area contributed by atoms with E-state index in [1.54, 1.807) is 21.8 Å². The van der Waals surface area contributed by atoms with Gasteiger partial charge in [0.2, 0.25) is 5.91 Å². The minimum Gasteiger partial charge on any atom is -0.467 e. The Bertz CT molecular complexity index is 1240. The molecule has 2 amide bonds. The zero-order valence-corrected chi connectivity index (χ0v) is 19.6. The SMILES string of the molecule is Cc1c(C(=O)N2CCC(C(=O)NCc3ccco3)CC2)sc2nc3n(c(=O)c12)CCCCC3. The average molecular weight is 469 g/mol. The van der Waals surface area contributed by atoms with Crippen LogP contribution >= 0.6 is 11.3 Å². The first-order chi connectivity index (χ1) is 16.0. The number of amides is 2. The molecule has 0 atom stereocenters. The Morgan fingerprint density at radius 2 is 2.03 bits per heavy atom. The van der Waals surface area contributed by atoms with E-state index in [1.165, 1.54) is 11.3 Å². The molecule has 5 rings (SSSR count). The van der Waals surface area contributed by atoms with Crippen molar-refractivity contribution in [1.82, 2.24) is 19.8 Å². The summed E-state index contributed by atoms with van der Waals surface area (Å²) in [5.41, 5.74) is 0.715. The number of rotatable bonds is 4. The van der Waals surface area contributed by atoms with E-state index in [1.807, 2.05) is 13.0 Å². The highest BCUT2D eigenvalue weighted by Gasteiger charge is 2.30. The molecule has 3 aromatic heterocycles. The number of hydrogen-bond acceptors (Lipinski definition) is 6. The van der Waals surface area contributed by atoms with Gasteiger partial charge in [-0.15, -0.1) is 11.3 Å². The highest BCUT2D eigenvalue weighted by Crippen LogP contribution is 2.30. The summed E-state index contributed by atoms with van der Waals surface area (Å²) in [6, 6.07) is 3.62. The second-order valence-electron chi connectivity index (χ2n) is 8.90. The highest BCUT2D eigenvalue weighted by atomic mass is 32.1. The monoisotopic (exact) mass is 468 g/mol. The third-order valence-electron chi connectivity index (χ3n) is 6.78. The molecule has 5 heterocycles. The number of hydrogen-bond donors (Lipinski definition) is 1. The summed E-state index contributed by atoms with van der Waals surface area (Å²) in [5, 5.41) is 3.50. The topological polar surface area (TPSA) is 97.4 Å². The summed E-state index contributed by atoms with van der Waals surface area (Å²) >= 11 is 1.33. The van der Waals surface area contributed by atoms with Crippen LogP contribution in [0.15, 0.2) is 27.6 Å². The molecule has 2 aliphatic rings. The van der Waals surface area contributed by atoms with Gasteiger partial charge in [-0.1, -0.05) is 6.42 Å². The third-order valence-corrected chi connectivity index (χ3v) is 7.95. The van der Waals surface area contributed by atoms with Gasteiger partial charge in [0.25, 0.3) is 11.5 Å². The van der Waals surface area contributed by atoms with Crippen LogP contribution in [0, 0.1) is 12.8 Å². The van der Waals surface area contributed by atoms with Gasteiger partial charge in [-0.2, -0.15) is 0 Å². The van der Waals surface area contributed by atoms with Crippen LogP contribution in [0.3, 0.4) is 0 Å². The number of carbonyl (C=O) groups excluding carboxylic acids is 2. The quantitative estimate of drug-likeness (QED) is 0.634. The van der Waals surface area contributed by atoms with Gasteiger partial charge in [0, 0.05) is 32.0 Å². The Morgan fingerprint density at radius 1 is 1.21 bits per heavy atom. The van der Waals surface area contributed by atoms with Crippen LogP contribution in [0.2, 0.25) is 0 Å². The molecule has 0 saturated carbocycles. The predicted molar refractivity (Wildman–Crippen MR) is 125 cm³/mol. The van der Waals surface area contributed by atoms with E-state index < -0.39 is 0 Å². The molecule has 0 unspecified atom stereocenters. The molecule has 33 heavy (non-hydrogen) atoms. The van der Waals surface area contributed by atoms with Gasteiger partial charge in [-0.3, -0.25) is 19.0 Å². The number of carbonyl (C=O) groups is 2. The van der Waals surface area contributed by atoms with Crippen molar-refractivity contribution in [1.29, 1.82) is 0 Å². The van der Waals surface area contributed by atoms with Gasteiger partial charge in [-0.05, 0) is 50.3 Å². The van der Waals surface area contributed by atoms with Crippen molar-refractivity contribution < 1.29 is 14.0 Å². The summed E-state index contributed by atoms with van der Waals surface area (Å²) < 4.78 is 7.06. The maximum Gasteiger partial charge on any atom is 0.264 e. The molecule has 3 aromatic rings. The van der Waals surface area contributed by atoms with E-state index in [0.717, 1.165) is 42.8 Å². The number of thiophene rings is 1. The molecule has 0 spiro atoms. The van der Waals surface area contributed by atoms with E-state index in [9.17, 15) is 14.4 Å². The number of likely N-dealkylation sites (tertiary alicyclic amines) is 1. The molecule has 1 saturated heterocycles. The average Bonchev–Trinajstić information content (AvgIpc) is 3.39. The summed E-state index contributed by atoms with van der Waals surface area (Å²) in [7, 11) is 0. The number of fused-ring (bicyclic) bond motifs is 2. The minimum atomic E-state index is -0.116. The second kappa shape index (κ2) is 9.13. The number of furan rings is 1. The number of piperidine rings is 1.